The second-order valence-corrected chi connectivity index (χ2v) is 10.7. The SMILES string of the molecule is CC1(C)CCc2ncnc(N3CCOc4ccc(-c5cnc6sc(N)nc6c5)cc4C3)c2C1. The summed E-state index contributed by atoms with van der Waals surface area (Å²) in [6.07, 6.45) is 6.79. The molecular formula is C25H26N6OS. The van der Waals surface area contributed by atoms with Crippen LogP contribution in [-0.2, 0) is 19.4 Å². The van der Waals surface area contributed by atoms with Crippen LogP contribution in [0.3, 0.4) is 0 Å². The minimum atomic E-state index is 0.268. The van der Waals surface area contributed by atoms with Gasteiger partial charge in [0, 0.05) is 35.1 Å². The molecule has 0 saturated carbocycles. The van der Waals surface area contributed by atoms with Gasteiger partial charge in [-0.05, 0) is 48.4 Å². The van der Waals surface area contributed by atoms with Crippen LogP contribution in [0, 0.1) is 5.41 Å². The van der Waals surface area contributed by atoms with Crippen molar-refractivity contribution in [1.29, 1.82) is 0 Å². The summed E-state index contributed by atoms with van der Waals surface area (Å²) in [4.78, 5) is 21.5. The molecular weight excluding hydrogens is 432 g/mol. The quantitative estimate of drug-likeness (QED) is 0.468. The molecule has 0 saturated heterocycles. The van der Waals surface area contributed by atoms with Crippen molar-refractivity contribution in [3.05, 3.63) is 53.6 Å². The van der Waals surface area contributed by atoms with Gasteiger partial charge in [0.2, 0.25) is 0 Å². The molecule has 1 aromatic carbocycles. The van der Waals surface area contributed by atoms with Crippen molar-refractivity contribution in [3.8, 4) is 16.9 Å². The second kappa shape index (κ2) is 7.66. The summed E-state index contributed by atoms with van der Waals surface area (Å²) in [5, 5.41) is 0.539. The van der Waals surface area contributed by atoms with E-state index in [4.69, 9.17) is 15.5 Å². The molecule has 0 amide bonds. The highest BCUT2D eigenvalue weighted by Crippen LogP contribution is 2.39. The molecule has 0 atom stereocenters. The zero-order chi connectivity index (χ0) is 22.6. The third-order valence-corrected chi connectivity index (χ3v) is 7.45. The zero-order valence-electron chi connectivity index (χ0n) is 18.8. The standard InChI is InChI=1S/C25H26N6OS/c1-25(2)6-5-19-18(11-25)22(29-14-28-19)31-7-8-32-21-4-3-15(9-17(21)13-31)16-10-20-23(27-12-16)33-24(26)30-20/h3-4,9-10,12,14H,5-8,11,13H2,1-2H3,(H2,26,30). The lowest BCUT2D eigenvalue weighted by atomic mass is 9.76. The zero-order valence-corrected chi connectivity index (χ0v) is 19.7. The number of thiazole rings is 1. The molecule has 0 bridgehead atoms. The maximum atomic E-state index is 6.12. The molecule has 2 aliphatic rings. The smallest absolute Gasteiger partial charge is 0.182 e. The molecule has 0 fully saturated rings. The van der Waals surface area contributed by atoms with E-state index in [1.165, 1.54) is 22.6 Å². The molecule has 0 radical (unpaired) electrons. The number of aryl methyl sites for hydroxylation is 1. The van der Waals surface area contributed by atoms with Crippen LogP contribution in [0.2, 0.25) is 0 Å². The molecule has 4 aromatic rings. The molecule has 33 heavy (non-hydrogen) atoms. The van der Waals surface area contributed by atoms with Gasteiger partial charge in [0.05, 0.1) is 6.54 Å². The first-order chi connectivity index (χ1) is 15.9. The molecule has 3 aromatic heterocycles. The van der Waals surface area contributed by atoms with Gasteiger partial charge in [0.25, 0.3) is 0 Å². The average Bonchev–Trinajstić information content (AvgIpc) is 3.04. The normalized spacial score (nSPS) is 17.2. The van der Waals surface area contributed by atoms with Crippen LogP contribution in [-0.4, -0.2) is 33.1 Å². The lowest BCUT2D eigenvalue weighted by Gasteiger charge is -2.33. The van der Waals surface area contributed by atoms with E-state index in [9.17, 15) is 0 Å². The molecule has 0 spiro atoms. The van der Waals surface area contributed by atoms with E-state index < -0.39 is 0 Å². The molecule has 6 rings (SSSR count). The maximum absolute atomic E-state index is 6.12. The lowest BCUT2D eigenvalue weighted by molar-refractivity contribution is 0.310. The topological polar surface area (TPSA) is 90.0 Å². The predicted octanol–water partition coefficient (Wildman–Crippen LogP) is 4.64. The van der Waals surface area contributed by atoms with Crippen molar-refractivity contribution in [2.75, 3.05) is 23.8 Å². The van der Waals surface area contributed by atoms with Crippen molar-refractivity contribution >= 4 is 32.6 Å². The third-order valence-electron chi connectivity index (χ3n) is 6.64. The van der Waals surface area contributed by atoms with Crippen LogP contribution >= 0.6 is 11.3 Å². The Morgan fingerprint density at radius 3 is 2.94 bits per heavy atom. The van der Waals surface area contributed by atoms with Gasteiger partial charge in [-0.2, -0.15) is 0 Å². The van der Waals surface area contributed by atoms with Crippen molar-refractivity contribution in [2.45, 2.75) is 39.7 Å². The van der Waals surface area contributed by atoms with Crippen LogP contribution in [0.1, 0.15) is 37.1 Å². The molecule has 7 nitrogen and oxygen atoms in total. The summed E-state index contributed by atoms with van der Waals surface area (Å²) in [5.74, 6) is 1.98. The first-order valence-electron chi connectivity index (χ1n) is 11.3. The highest BCUT2D eigenvalue weighted by molar-refractivity contribution is 7.21. The van der Waals surface area contributed by atoms with E-state index in [0.717, 1.165) is 71.0 Å². The largest absolute Gasteiger partial charge is 0.491 e. The van der Waals surface area contributed by atoms with E-state index >= 15 is 0 Å². The van der Waals surface area contributed by atoms with Gasteiger partial charge in [-0.25, -0.2) is 19.9 Å². The molecule has 4 heterocycles. The van der Waals surface area contributed by atoms with Crippen LogP contribution in [0.25, 0.3) is 21.5 Å². The highest BCUT2D eigenvalue weighted by Gasteiger charge is 2.30. The van der Waals surface area contributed by atoms with Crippen molar-refractivity contribution in [3.63, 3.8) is 0 Å². The fraction of sp³-hybridized carbons (Fsp3) is 0.360. The van der Waals surface area contributed by atoms with E-state index in [1.807, 2.05) is 6.20 Å². The van der Waals surface area contributed by atoms with Crippen molar-refractivity contribution in [1.82, 2.24) is 19.9 Å². The minimum absolute atomic E-state index is 0.268. The molecule has 1 aliphatic heterocycles. The molecule has 2 N–H and O–H groups in total. The Hall–Kier alpha value is -3.26. The highest BCUT2D eigenvalue weighted by atomic mass is 32.1. The predicted molar refractivity (Wildman–Crippen MR) is 132 cm³/mol. The summed E-state index contributed by atoms with van der Waals surface area (Å²) in [6.45, 7) is 6.83. The fourth-order valence-electron chi connectivity index (χ4n) is 4.88. The van der Waals surface area contributed by atoms with Crippen LogP contribution < -0.4 is 15.4 Å². The van der Waals surface area contributed by atoms with Crippen molar-refractivity contribution in [2.24, 2.45) is 5.41 Å². The number of pyridine rings is 1. The number of nitrogens with zero attached hydrogens (tertiary/aromatic N) is 5. The number of aromatic nitrogens is 4. The number of nitrogen functional groups attached to an aromatic ring is 1. The number of benzene rings is 1. The Bertz CT molecular complexity index is 1360. The summed E-state index contributed by atoms with van der Waals surface area (Å²) < 4.78 is 6.12. The Morgan fingerprint density at radius 1 is 1.12 bits per heavy atom. The Morgan fingerprint density at radius 2 is 2.03 bits per heavy atom. The third kappa shape index (κ3) is 3.78. The first kappa shape index (κ1) is 20.4. The molecule has 0 unspecified atom stereocenters. The molecule has 8 heteroatoms. The summed E-state index contributed by atoms with van der Waals surface area (Å²) >= 11 is 1.41. The van der Waals surface area contributed by atoms with Crippen LogP contribution in [0.5, 0.6) is 5.75 Å². The van der Waals surface area contributed by atoms with Gasteiger partial charge in [0.15, 0.2) is 5.13 Å². The van der Waals surface area contributed by atoms with Crippen molar-refractivity contribution < 1.29 is 4.74 Å². The number of hydrogen-bond donors (Lipinski definition) is 1. The molecule has 1 aliphatic carbocycles. The summed E-state index contributed by atoms with van der Waals surface area (Å²) in [7, 11) is 0. The maximum Gasteiger partial charge on any atom is 0.182 e. The van der Waals surface area contributed by atoms with E-state index in [1.54, 1.807) is 6.33 Å². The number of hydrogen-bond acceptors (Lipinski definition) is 8. The van der Waals surface area contributed by atoms with E-state index in [2.05, 4.69) is 58.0 Å². The number of rotatable bonds is 2. The Kier molecular flexibility index (Phi) is 4.72. The van der Waals surface area contributed by atoms with Gasteiger partial charge >= 0.3 is 0 Å². The minimum Gasteiger partial charge on any atom is -0.491 e. The van der Waals surface area contributed by atoms with Gasteiger partial charge in [0.1, 0.15) is 34.8 Å². The van der Waals surface area contributed by atoms with E-state index in [0.29, 0.717) is 11.7 Å². The van der Waals surface area contributed by atoms with E-state index in [-0.39, 0.29) is 5.41 Å². The summed E-state index contributed by atoms with van der Waals surface area (Å²) in [5.41, 5.74) is 12.7. The fourth-order valence-corrected chi connectivity index (χ4v) is 5.54. The number of anilines is 2. The van der Waals surface area contributed by atoms with Gasteiger partial charge in [-0.1, -0.05) is 31.3 Å². The lowest BCUT2D eigenvalue weighted by Crippen LogP contribution is -2.31. The number of fused-ring (bicyclic) bond motifs is 3. The van der Waals surface area contributed by atoms with Crippen LogP contribution in [0.15, 0.2) is 36.8 Å². The molecule has 168 valence electrons. The second-order valence-electron chi connectivity index (χ2n) is 9.66. The summed E-state index contributed by atoms with van der Waals surface area (Å²) in [6, 6.07) is 8.40. The van der Waals surface area contributed by atoms with Crippen LogP contribution in [0.4, 0.5) is 10.9 Å². The Balaban J connectivity index is 1.36. The van der Waals surface area contributed by atoms with Gasteiger partial charge in [-0.3, -0.25) is 0 Å². The number of nitrogens with two attached hydrogens (primary N) is 1. The average molecular weight is 459 g/mol. The first-order valence-corrected chi connectivity index (χ1v) is 12.1. The van der Waals surface area contributed by atoms with Gasteiger partial charge < -0.3 is 15.4 Å². The number of ether oxygens (including phenoxy) is 1. The van der Waals surface area contributed by atoms with Gasteiger partial charge in [-0.15, -0.1) is 0 Å². The monoisotopic (exact) mass is 458 g/mol. The Labute approximate surface area is 196 Å².